The van der Waals surface area contributed by atoms with E-state index in [1.807, 2.05) is 19.1 Å². The quantitative estimate of drug-likeness (QED) is 0.750. The Bertz CT molecular complexity index is 781. The lowest BCUT2D eigenvalue weighted by Gasteiger charge is -2.12. The molecule has 3 aromatic rings. The Balaban J connectivity index is 2.08. The minimum absolute atomic E-state index is 0.240. The first-order valence-electron chi connectivity index (χ1n) is 6.26. The third-order valence-corrected chi connectivity index (χ3v) is 3.62. The van der Waals surface area contributed by atoms with Gasteiger partial charge in [-0.2, -0.15) is 0 Å². The number of halogens is 2. The number of furan rings is 1. The summed E-state index contributed by atoms with van der Waals surface area (Å²) in [6.45, 7) is 1.93. The van der Waals surface area contributed by atoms with Crippen LogP contribution in [0.4, 0.5) is 4.39 Å². The molecule has 2 aromatic carbocycles. The molecule has 0 aliphatic carbocycles. The van der Waals surface area contributed by atoms with E-state index in [4.69, 9.17) is 21.8 Å². The number of fused-ring (bicyclic) bond motifs is 1. The molecule has 2 N–H and O–H groups in total. The highest BCUT2D eigenvalue weighted by Gasteiger charge is 2.17. The van der Waals surface area contributed by atoms with Gasteiger partial charge in [-0.15, -0.1) is 0 Å². The van der Waals surface area contributed by atoms with Gasteiger partial charge < -0.3 is 10.2 Å². The summed E-state index contributed by atoms with van der Waals surface area (Å²) < 4.78 is 19.2. The molecule has 102 valence electrons. The highest BCUT2D eigenvalue weighted by molar-refractivity contribution is 6.30. The van der Waals surface area contributed by atoms with Crippen LogP contribution >= 0.6 is 11.6 Å². The molecule has 3 rings (SSSR count). The van der Waals surface area contributed by atoms with Gasteiger partial charge in [-0.3, -0.25) is 0 Å². The first-order chi connectivity index (χ1) is 9.56. The van der Waals surface area contributed by atoms with Crippen molar-refractivity contribution in [2.24, 2.45) is 5.73 Å². The van der Waals surface area contributed by atoms with Crippen molar-refractivity contribution in [3.05, 3.63) is 70.2 Å². The van der Waals surface area contributed by atoms with E-state index in [1.165, 1.54) is 6.07 Å². The summed E-state index contributed by atoms with van der Waals surface area (Å²) in [4.78, 5) is 0. The van der Waals surface area contributed by atoms with Crippen LogP contribution in [0.3, 0.4) is 0 Å². The average molecular weight is 290 g/mol. The molecule has 1 unspecified atom stereocenters. The third kappa shape index (κ3) is 2.19. The average Bonchev–Trinajstić information content (AvgIpc) is 2.83. The summed E-state index contributed by atoms with van der Waals surface area (Å²) in [6.07, 6.45) is 0. The van der Waals surface area contributed by atoms with Gasteiger partial charge in [-0.25, -0.2) is 4.39 Å². The van der Waals surface area contributed by atoms with Crippen molar-refractivity contribution in [1.29, 1.82) is 0 Å². The Labute approximate surface area is 121 Å². The summed E-state index contributed by atoms with van der Waals surface area (Å²) >= 11 is 5.94. The number of hydrogen-bond acceptors (Lipinski definition) is 2. The fourth-order valence-electron chi connectivity index (χ4n) is 2.34. The monoisotopic (exact) mass is 289 g/mol. The van der Waals surface area contributed by atoms with Crippen molar-refractivity contribution in [2.45, 2.75) is 13.0 Å². The van der Waals surface area contributed by atoms with Gasteiger partial charge in [-0.05, 0) is 42.3 Å². The van der Waals surface area contributed by atoms with E-state index in [0.717, 1.165) is 11.1 Å². The summed E-state index contributed by atoms with van der Waals surface area (Å²) in [5.74, 6) is 0.157. The number of aryl methyl sites for hydroxylation is 1. The lowest BCUT2D eigenvalue weighted by molar-refractivity contribution is 0.501. The third-order valence-electron chi connectivity index (χ3n) is 3.39. The van der Waals surface area contributed by atoms with Gasteiger partial charge in [0.15, 0.2) is 11.4 Å². The zero-order chi connectivity index (χ0) is 14.3. The van der Waals surface area contributed by atoms with E-state index in [9.17, 15) is 4.39 Å². The topological polar surface area (TPSA) is 39.2 Å². The van der Waals surface area contributed by atoms with Gasteiger partial charge >= 0.3 is 0 Å². The maximum Gasteiger partial charge on any atom is 0.169 e. The number of rotatable bonds is 2. The van der Waals surface area contributed by atoms with E-state index in [1.54, 1.807) is 24.3 Å². The summed E-state index contributed by atoms with van der Waals surface area (Å²) in [6, 6.07) is 11.6. The molecular weight excluding hydrogens is 277 g/mol. The highest BCUT2D eigenvalue weighted by atomic mass is 35.5. The van der Waals surface area contributed by atoms with Crippen molar-refractivity contribution in [1.82, 2.24) is 0 Å². The molecule has 0 saturated heterocycles. The minimum Gasteiger partial charge on any atom is -0.456 e. The molecule has 0 saturated carbocycles. The molecule has 1 atom stereocenters. The second-order valence-corrected chi connectivity index (χ2v) is 5.22. The van der Waals surface area contributed by atoms with Crippen LogP contribution in [0, 0.1) is 12.7 Å². The zero-order valence-corrected chi connectivity index (χ0v) is 11.6. The lowest BCUT2D eigenvalue weighted by atomic mass is 10.00. The van der Waals surface area contributed by atoms with Gasteiger partial charge in [0, 0.05) is 10.4 Å². The van der Waals surface area contributed by atoms with Gasteiger partial charge in [0.2, 0.25) is 0 Å². The molecular formula is C16H13ClFNO. The second-order valence-electron chi connectivity index (χ2n) is 4.79. The van der Waals surface area contributed by atoms with Crippen LogP contribution in [0.2, 0.25) is 5.02 Å². The molecule has 0 aliphatic heterocycles. The Morgan fingerprint density at radius 2 is 2.00 bits per heavy atom. The van der Waals surface area contributed by atoms with Gasteiger partial charge in [0.25, 0.3) is 0 Å². The van der Waals surface area contributed by atoms with Crippen molar-refractivity contribution in [3.63, 3.8) is 0 Å². The molecule has 0 amide bonds. The van der Waals surface area contributed by atoms with Crippen LogP contribution in [0.5, 0.6) is 0 Å². The molecule has 2 nitrogen and oxygen atoms in total. The Kier molecular flexibility index (Phi) is 3.24. The van der Waals surface area contributed by atoms with E-state index < -0.39 is 6.04 Å². The van der Waals surface area contributed by atoms with Crippen LogP contribution in [-0.2, 0) is 0 Å². The van der Waals surface area contributed by atoms with E-state index in [-0.39, 0.29) is 11.4 Å². The molecule has 0 radical (unpaired) electrons. The zero-order valence-electron chi connectivity index (χ0n) is 10.9. The molecule has 0 bridgehead atoms. The maximum absolute atomic E-state index is 13.6. The first kappa shape index (κ1) is 13.2. The van der Waals surface area contributed by atoms with Crippen LogP contribution in [-0.4, -0.2) is 0 Å². The Morgan fingerprint density at radius 3 is 2.70 bits per heavy atom. The van der Waals surface area contributed by atoms with Gasteiger partial charge in [0.1, 0.15) is 5.76 Å². The highest BCUT2D eigenvalue weighted by Crippen LogP contribution is 2.30. The Hall–Kier alpha value is -1.84. The number of para-hydroxylation sites is 1. The van der Waals surface area contributed by atoms with E-state index in [2.05, 4.69) is 0 Å². The van der Waals surface area contributed by atoms with Gasteiger partial charge in [-0.1, -0.05) is 29.8 Å². The van der Waals surface area contributed by atoms with Crippen LogP contribution in [0.15, 0.2) is 46.9 Å². The Morgan fingerprint density at radius 1 is 1.20 bits per heavy atom. The number of benzene rings is 2. The number of hydrogen-bond donors (Lipinski definition) is 1. The van der Waals surface area contributed by atoms with Crippen LogP contribution < -0.4 is 5.73 Å². The van der Waals surface area contributed by atoms with Crippen molar-refractivity contribution in [2.75, 3.05) is 0 Å². The van der Waals surface area contributed by atoms with Crippen LogP contribution in [0.1, 0.15) is 22.9 Å². The predicted molar refractivity (Wildman–Crippen MR) is 78.4 cm³/mol. The SMILES string of the molecule is Cc1cc(Cl)ccc1C(N)c1cc2cccc(F)c2o1. The molecule has 1 heterocycles. The minimum atomic E-state index is -0.445. The van der Waals surface area contributed by atoms with Gasteiger partial charge in [0.05, 0.1) is 6.04 Å². The van der Waals surface area contributed by atoms with Crippen molar-refractivity contribution < 1.29 is 8.81 Å². The predicted octanol–water partition coefficient (Wildman–Crippen LogP) is 4.58. The fourth-order valence-corrected chi connectivity index (χ4v) is 2.57. The standard InChI is InChI=1S/C16H13ClFNO/c1-9-7-11(17)5-6-12(9)15(19)14-8-10-3-2-4-13(18)16(10)20-14/h2-8,15H,19H2,1H3. The lowest BCUT2D eigenvalue weighted by Crippen LogP contribution is -2.12. The first-order valence-corrected chi connectivity index (χ1v) is 6.63. The largest absolute Gasteiger partial charge is 0.456 e. The normalized spacial score (nSPS) is 12.8. The van der Waals surface area contributed by atoms with E-state index >= 15 is 0 Å². The second kappa shape index (κ2) is 4.93. The molecule has 0 fully saturated rings. The molecule has 4 heteroatoms. The maximum atomic E-state index is 13.6. The molecule has 1 aromatic heterocycles. The fraction of sp³-hybridized carbons (Fsp3) is 0.125. The van der Waals surface area contributed by atoms with Crippen molar-refractivity contribution in [3.8, 4) is 0 Å². The van der Waals surface area contributed by atoms with Crippen molar-refractivity contribution >= 4 is 22.6 Å². The van der Waals surface area contributed by atoms with E-state index in [0.29, 0.717) is 16.2 Å². The number of nitrogens with two attached hydrogens (primary N) is 1. The summed E-state index contributed by atoms with van der Waals surface area (Å²) in [7, 11) is 0. The molecule has 0 aliphatic rings. The summed E-state index contributed by atoms with van der Waals surface area (Å²) in [5.41, 5.74) is 8.35. The van der Waals surface area contributed by atoms with Crippen LogP contribution in [0.25, 0.3) is 11.0 Å². The smallest absolute Gasteiger partial charge is 0.169 e. The molecule has 0 spiro atoms. The summed E-state index contributed by atoms with van der Waals surface area (Å²) in [5, 5.41) is 1.37. The molecule has 20 heavy (non-hydrogen) atoms.